The molecule has 8 atom stereocenters. The lowest BCUT2D eigenvalue weighted by Crippen LogP contribution is -2.80. The first kappa shape index (κ1) is 26.5. The molecule has 218 valence electrons. The van der Waals surface area contributed by atoms with Crippen molar-refractivity contribution in [2.75, 3.05) is 32.7 Å². The SMILES string of the molecule is C1CCC(B2C3CCCCC3C3(C4CNCCC4N(C4CCCCC4)C4CCNCC43)C3NCCCC23)CC1. The van der Waals surface area contributed by atoms with Crippen LogP contribution in [0.15, 0.2) is 0 Å². The molecule has 3 N–H and O–H groups in total. The number of nitrogens with one attached hydrogen (secondary N) is 3. The van der Waals surface area contributed by atoms with Crippen molar-refractivity contribution >= 4 is 6.71 Å². The Balaban J connectivity index is 1.26. The third-order valence-electron chi connectivity index (χ3n) is 14.6. The molecular weight excluding hydrogens is 475 g/mol. The molecular formula is C34H59BN4. The zero-order chi connectivity index (χ0) is 25.8. The van der Waals surface area contributed by atoms with E-state index in [0.717, 1.165) is 66.1 Å². The van der Waals surface area contributed by atoms with E-state index in [4.69, 9.17) is 0 Å². The van der Waals surface area contributed by atoms with E-state index in [-0.39, 0.29) is 0 Å². The normalized spacial score (nSPS) is 48.2. The number of likely N-dealkylation sites (tertiary alicyclic amines) is 1. The van der Waals surface area contributed by atoms with E-state index in [1.54, 1.807) is 25.7 Å². The monoisotopic (exact) mass is 534 g/mol. The second-order valence-electron chi connectivity index (χ2n) is 15.8. The van der Waals surface area contributed by atoms with E-state index < -0.39 is 0 Å². The van der Waals surface area contributed by atoms with E-state index in [0.29, 0.717) is 5.41 Å². The molecule has 0 radical (unpaired) electrons. The predicted molar refractivity (Wildman–Crippen MR) is 164 cm³/mol. The van der Waals surface area contributed by atoms with Crippen LogP contribution in [0, 0.1) is 23.2 Å². The van der Waals surface area contributed by atoms with Crippen LogP contribution >= 0.6 is 0 Å². The Morgan fingerprint density at radius 1 is 0.538 bits per heavy atom. The maximum Gasteiger partial charge on any atom is 0.151 e. The first-order chi connectivity index (χ1) is 19.4. The second-order valence-corrected chi connectivity index (χ2v) is 15.8. The summed E-state index contributed by atoms with van der Waals surface area (Å²) in [6, 6.07) is 3.34. The van der Waals surface area contributed by atoms with E-state index in [9.17, 15) is 0 Å². The fraction of sp³-hybridized carbons (Fsp3) is 1.00. The average molecular weight is 535 g/mol. The van der Waals surface area contributed by atoms with Crippen LogP contribution in [0.25, 0.3) is 0 Å². The van der Waals surface area contributed by atoms with Crippen molar-refractivity contribution in [3.8, 4) is 0 Å². The van der Waals surface area contributed by atoms with Gasteiger partial charge in [0, 0.05) is 37.3 Å². The summed E-state index contributed by atoms with van der Waals surface area (Å²) in [5.41, 5.74) is 0.503. The van der Waals surface area contributed by atoms with Crippen LogP contribution in [0.2, 0.25) is 17.5 Å². The first-order valence-electron chi connectivity index (χ1n) is 18.3. The first-order valence-corrected chi connectivity index (χ1v) is 18.3. The van der Waals surface area contributed by atoms with Crippen LogP contribution in [0.1, 0.15) is 116 Å². The molecule has 3 aliphatic carbocycles. The quantitative estimate of drug-likeness (QED) is 0.374. The van der Waals surface area contributed by atoms with Gasteiger partial charge < -0.3 is 16.0 Å². The number of nitrogens with zero attached hydrogens (tertiary/aromatic N) is 1. The standard InChI is InChI=1S/C34H59BN4/c1-3-10-24(11-4-1)35-29-15-8-7-14-26(29)34(33-30(35)16-9-19-38-33)27-22-36-20-17-31(27)39(25-12-5-2-6-13-25)32-18-21-37-23-28(32)34/h24-33,36-38H,1-23H2. The summed E-state index contributed by atoms with van der Waals surface area (Å²) in [7, 11) is 0. The van der Waals surface area contributed by atoms with Crippen LogP contribution in [0.4, 0.5) is 0 Å². The Labute approximate surface area is 240 Å². The van der Waals surface area contributed by atoms with Gasteiger partial charge in [0.05, 0.1) is 0 Å². The van der Waals surface area contributed by atoms with Gasteiger partial charge in [-0.25, -0.2) is 0 Å². The fourth-order valence-corrected chi connectivity index (χ4v) is 13.8. The topological polar surface area (TPSA) is 39.3 Å². The van der Waals surface area contributed by atoms with Gasteiger partial charge in [-0.1, -0.05) is 95.1 Å². The highest BCUT2D eigenvalue weighted by Crippen LogP contribution is 2.69. The molecule has 0 aromatic rings. The van der Waals surface area contributed by atoms with Gasteiger partial charge in [-0.3, -0.25) is 4.90 Å². The van der Waals surface area contributed by atoms with Crippen molar-refractivity contribution in [3.63, 3.8) is 0 Å². The molecule has 1 spiro atoms. The van der Waals surface area contributed by atoms with Crippen molar-refractivity contribution in [1.82, 2.24) is 20.9 Å². The number of piperidine rings is 4. The molecule has 8 fully saturated rings. The molecule has 5 heteroatoms. The molecule has 0 amide bonds. The number of fused-ring (bicyclic) bond motifs is 8. The molecule has 0 aromatic heterocycles. The Morgan fingerprint density at radius 3 is 1.87 bits per heavy atom. The molecule has 8 unspecified atom stereocenters. The minimum absolute atomic E-state index is 0.503. The van der Waals surface area contributed by atoms with Gasteiger partial charge in [0.2, 0.25) is 0 Å². The maximum atomic E-state index is 4.47. The van der Waals surface area contributed by atoms with Crippen molar-refractivity contribution in [3.05, 3.63) is 0 Å². The zero-order valence-electron chi connectivity index (χ0n) is 25.1. The number of hydrogen-bond acceptors (Lipinski definition) is 4. The van der Waals surface area contributed by atoms with Crippen LogP contribution in [0.3, 0.4) is 0 Å². The van der Waals surface area contributed by atoms with Crippen molar-refractivity contribution < 1.29 is 0 Å². The van der Waals surface area contributed by atoms with Crippen molar-refractivity contribution in [2.24, 2.45) is 23.2 Å². The minimum atomic E-state index is 0.503. The summed E-state index contributed by atoms with van der Waals surface area (Å²) in [4.78, 5) is 3.28. The van der Waals surface area contributed by atoms with Gasteiger partial charge in [0.25, 0.3) is 0 Å². The third kappa shape index (κ3) is 4.20. The lowest BCUT2D eigenvalue weighted by molar-refractivity contribution is -0.194. The molecule has 4 nitrogen and oxygen atoms in total. The van der Waals surface area contributed by atoms with Crippen LogP contribution in [0.5, 0.6) is 0 Å². The highest BCUT2D eigenvalue weighted by atomic mass is 15.3. The zero-order valence-corrected chi connectivity index (χ0v) is 25.1. The molecule has 39 heavy (non-hydrogen) atoms. The largest absolute Gasteiger partial charge is 0.316 e. The van der Waals surface area contributed by atoms with E-state index >= 15 is 0 Å². The predicted octanol–water partition coefficient (Wildman–Crippen LogP) is 6.10. The summed E-state index contributed by atoms with van der Waals surface area (Å²) in [5.74, 6) is 5.69. The maximum absolute atomic E-state index is 4.47. The minimum Gasteiger partial charge on any atom is -0.316 e. The van der Waals surface area contributed by atoms with Gasteiger partial charge in [0.15, 0.2) is 6.71 Å². The lowest BCUT2D eigenvalue weighted by Gasteiger charge is -2.74. The second kappa shape index (κ2) is 11.2. The van der Waals surface area contributed by atoms with Gasteiger partial charge in [-0.2, -0.15) is 0 Å². The molecule has 5 saturated heterocycles. The smallest absolute Gasteiger partial charge is 0.151 e. The van der Waals surface area contributed by atoms with Gasteiger partial charge in [-0.15, -0.1) is 0 Å². The molecule has 8 aliphatic rings. The van der Waals surface area contributed by atoms with Gasteiger partial charge >= 0.3 is 0 Å². The highest BCUT2D eigenvalue weighted by Gasteiger charge is 2.71. The molecule has 5 aliphatic heterocycles. The van der Waals surface area contributed by atoms with Crippen LogP contribution in [-0.4, -0.2) is 68.5 Å². The molecule has 5 heterocycles. The summed E-state index contributed by atoms with van der Waals surface area (Å²) < 4.78 is 0. The van der Waals surface area contributed by atoms with Crippen LogP contribution in [-0.2, 0) is 0 Å². The molecule has 8 rings (SSSR count). The Kier molecular flexibility index (Phi) is 7.62. The molecule has 0 bridgehead atoms. The number of hydrogen-bond donors (Lipinski definition) is 3. The summed E-state index contributed by atoms with van der Waals surface area (Å²) in [6.07, 6.45) is 27.1. The van der Waals surface area contributed by atoms with E-state index in [2.05, 4.69) is 20.9 Å². The summed E-state index contributed by atoms with van der Waals surface area (Å²) >= 11 is 0. The number of rotatable bonds is 2. The Hall–Kier alpha value is -0.0951. The fourth-order valence-electron chi connectivity index (χ4n) is 13.8. The summed E-state index contributed by atoms with van der Waals surface area (Å²) in [5, 5.41) is 12.6. The van der Waals surface area contributed by atoms with Gasteiger partial charge in [-0.05, 0) is 80.7 Å². The summed E-state index contributed by atoms with van der Waals surface area (Å²) in [6.45, 7) is 7.45. The highest BCUT2D eigenvalue weighted by molar-refractivity contribution is 6.64. The van der Waals surface area contributed by atoms with Gasteiger partial charge in [0.1, 0.15) is 0 Å². The molecule has 0 aromatic carbocycles. The van der Waals surface area contributed by atoms with Crippen molar-refractivity contribution in [2.45, 2.75) is 157 Å². The van der Waals surface area contributed by atoms with Crippen LogP contribution < -0.4 is 16.0 Å². The van der Waals surface area contributed by atoms with Crippen molar-refractivity contribution in [1.29, 1.82) is 0 Å². The average Bonchev–Trinajstić information content (AvgIpc) is 3.02. The third-order valence-corrected chi connectivity index (χ3v) is 14.6. The Bertz CT molecular complexity index is 720. The lowest BCUT2D eigenvalue weighted by atomic mass is 9.16. The molecule has 3 saturated carbocycles. The Morgan fingerprint density at radius 2 is 1.15 bits per heavy atom. The van der Waals surface area contributed by atoms with E-state index in [1.165, 1.54) is 123 Å². The van der Waals surface area contributed by atoms with E-state index in [1.807, 2.05) is 0 Å².